The van der Waals surface area contributed by atoms with Crippen LogP contribution in [0.25, 0.3) is 0 Å². The molecule has 1 N–H and O–H groups in total. The highest BCUT2D eigenvalue weighted by molar-refractivity contribution is 6.05. The van der Waals surface area contributed by atoms with Crippen molar-refractivity contribution in [2.24, 2.45) is 0 Å². The Balaban J connectivity index is 1.73. The van der Waals surface area contributed by atoms with Crippen LogP contribution in [0.4, 0.5) is 5.69 Å². The van der Waals surface area contributed by atoms with Gasteiger partial charge in [0.1, 0.15) is 6.42 Å². The van der Waals surface area contributed by atoms with E-state index < -0.39 is 0 Å². The quantitative estimate of drug-likeness (QED) is 0.834. The average Bonchev–Trinajstić information content (AvgIpc) is 3.38. The highest BCUT2D eigenvalue weighted by atomic mass is 16.2. The highest BCUT2D eigenvalue weighted by Gasteiger charge is 2.26. The summed E-state index contributed by atoms with van der Waals surface area (Å²) in [5.74, 6) is -0.371. The topological polar surface area (TPSA) is 49.4 Å². The van der Waals surface area contributed by atoms with Gasteiger partial charge in [-0.3, -0.25) is 9.59 Å². The lowest BCUT2D eigenvalue weighted by molar-refractivity contribution is -0.128. The number of nitrogens with zero attached hydrogens (tertiary/aromatic N) is 1. The zero-order valence-electron chi connectivity index (χ0n) is 12.9. The summed E-state index contributed by atoms with van der Waals surface area (Å²) in [7, 11) is 0. The van der Waals surface area contributed by atoms with Crippen molar-refractivity contribution in [1.29, 1.82) is 0 Å². The molecule has 2 aromatic carbocycles. The number of amides is 2. The van der Waals surface area contributed by atoms with Crippen LogP contribution in [0.15, 0.2) is 60.7 Å². The minimum absolute atomic E-state index is 0.113. The molecule has 2 aromatic rings. The summed E-state index contributed by atoms with van der Waals surface area (Å²) in [4.78, 5) is 26.2. The van der Waals surface area contributed by atoms with Crippen LogP contribution in [0.3, 0.4) is 0 Å². The molecule has 0 heterocycles. The van der Waals surface area contributed by atoms with Crippen molar-refractivity contribution in [3.63, 3.8) is 0 Å². The maximum Gasteiger partial charge on any atom is 0.236 e. The van der Waals surface area contributed by atoms with Crippen molar-refractivity contribution in [3.8, 4) is 0 Å². The van der Waals surface area contributed by atoms with E-state index in [1.165, 1.54) is 0 Å². The van der Waals surface area contributed by atoms with E-state index in [0.29, 0.717) is 6.54 Å². The number of hydrogen-bond donors (Lipinski definition) is 1. The lowest BCUT2D eigenvalue weighted by atomic mass is 10.2. The first kappa shape index (κ1) is 15.3. The lowest BCUT2D eigenvalue weighted by Crippen LogP contribution is -2.36. The van der Waals surface area contributed by atoms with Gasteiger partial charge in [0, 0.05) is 11.7 Å². The van der Waals surface area contributed by atoms with Crippen LogP contribution in [-0.4, -0.2) is 17.9 Å². The summed E-state index contributed by atoms with van der Waals surface area (Å²) in [6.45, 7) is 0.459. The number of para-hydroxylation sites is 1. The van der Waals surface area contributed by atoms with E-state index in [1.807, 2.05) is 60.7 Å². The van der Waals surface area contributed by atoms with E-state index in [1.54, 1.807) is 4.90 Å². The van der Waals surface area contributed by atoms with E-state index in [0.717, 1.165) is 24.1 Å². The minimum atomic E-state index is -0.188. The Morgan fingerprint density at radius 3 is 2.17 bits per heavy atom. The Kier molecular flexibility index (Phi) is 4.71. The maximum atomic E-state index is 12.6. The smallest absolute Gasteiger partial charge is 0.236 e. The van der Waals surface area contributed by atoms with E-state index in [-0.39, 0.29) is 24.3 Å². The van der Waals surface area contributed by atoms with Crippen LogP contribution in [0.5, 0.6) is 0 Å². The maximum absolute atomic E-state index is 12.6. The fourth-order valence-corrected chi connectivity index (χ4v) is 2.44. The molecule has 1 aliphatic rings. The van der Waals surface area contributed by atoms with Crippen LogP contribution in [0.2, 0.25) is 0 Å². The molecule has 0 bridgehead atoms. The Morgan fingerprint density at radius 1 is 0.957 bits per heavy atom. The molecular weight excluding hydrogens is 288 g/mol. The van der Waals surface area contributed by atoms with Gasteiger partial charge >= 0.3 is 0 Å². The van der Waals surface area contributed by atoms with Crippen LogP contribution in [-0.2, 0) is 16.1 Å². The highest BCUT2D eigenvalue weighted by Crippen LogP contribution is 2.20. The standard InChI is InChI=1S/C19H20N2O2/c22-18(20-16-11-12-16)13-19(23)21(17-9-5-2-6-10-17)14-15-7-3-1-4-8-15/h1-10,16H,11-14H2,(H,20,22). The molecule has 1 saturated carbocycles. The molecule has 4 heteroatoms. The normalized spacial score (nSPS) is 13.4. The number of carbonyl (C=O) groups is 2. The molecule has 0 spiro atoms. The Morgan fingerprint density at radius 2 is 1.57 bits per heavy atom. The average molecular weight is 308 g/mol. The van der Waals surface area contributed by atoms with Crippen molar-refractivity contribution < 1.29 is 9.59 Å². The second-order valence-electron chi connectivity index (χ2n) is 5.82. The Labute approximate surface area is 136 Å². The third kappa shape index (κ3) is 4.42. The molecule has 0 aliphatic heterocycles. The minimum Gasteiger partial charge on any atom is -0.353 e. The molecule has 23 heavy (non-hydrogen) atoms. The van der Waals surface area contributed by atoms with Crippen LogP contribution in [0.1, 0.15) is 24.8 Å². The third-order valence-corrected chi connectivity index (χ3v) is 3.81. The number of anilines is 1. The second kappa shape index (κ2) is 7.09. The van der Waals surface area contributed by atoms with Gasteiger partial charge in [-0.25, -0.2) is 0 Å². The molecule has 1 fully saturated rings. The molecule has 2 amide bonds. The van der Waals surface area contributed by atoms with E-state index in [2.05, 4.69) is 5.32 Å². The van der Waals surface area contributed by atoms with Crippen molar-refractivity contribution in [2.45, 2.75) is 31.8 Å². The van der Waals surface area contributed by atoms with Crippen molar-refractivity contribution in [2.75, 3.05) is 4.90 Å². The molecule has 4 nitrogen and oxygen atoms in total. The predicted octanol–water partition coefficient (Wildman–Crippen LogP) is 2.89. The molecule has 0 radical (unpaired) electrons. The van der Waals surface area contributed by atoms with Gasteiger partial charge in [-0.15, -0.1) is 0 Å². The summed E-state index contributed by atoms with van der Waals surface area (Å²) in [6.07, 6.45) is 1.93. The Bertz CT molecular complexity index is 666. The third-order valence-electron chi connectivity index (χ3n) is 3.81. The van der Waals surface area contributed by atoms with Gasteiger partial charge in [-0.1, -0.05) is 48.5 Å². The SMILES string of the molecule is O=C(CC(=O)N(Cc1ccccc1)c1ccccc1)NC1CC1. The van der Waals surface area contributed by atoms with Gasteiger partial charge in [-0.05, 0) is 30.5 Å². The van der Waals surface area contributed by atoms with E-state index in [9.17, 15) is 9.59 Å². The number of rotatable bonds is 6. The van der Waals surface area contributed by atoms with Gasteiger partial charge in [0.15, 0.2) is 0 Å². The fraction of sp³-hybridized carbons (Fsp3) is 0.263. The molecular formula is C19H20N2O2. The van der Waals surface area contributed by atoms with E-state index in [4.69, 9.17) is 0 Å². The molecule has 0 atom stereocenters. The lowest BCUT2D eigenvalue weighted by Gasteiger charge is -2.23. The van der Waals surface area contributed by atoms with Crippen molar-refractivity contribution in [3.05, 3.63) is 66.2 Å². The van der Waals surface area contributed by atoms with Crippen LogP contribution >= 0.6 is 0 Å². The van der Waals surface area contributed by atoms with Gasteiger partial charge in [0.2, 0.25) is 11.8 Å². The predicted molar refractivity (Wildman–Crippen MR) is 89.9 cm³/mol. The first-order valence-electron chi connectivity index (χ1n) is 7.91. The molecule has 118 valence electrons. The zero-order chi connectivity index (χ0) is 16.1. The fourth-order valence-electron chi connectivity index (χ4n) is 2.44. The molecule has 1 aliphatic carbocycles. The van der Waals surface area contributed by atoms with Gasteiger partial charge in [0.25, 0.3) is 0 Å². The number of nitrogens with one attached hydrogen (secondary N) is 1. The van der Waals surface area contributed by atoms with E-state index >= 15 is 0 Å². The summed E-state index contributed by atoms with van der Waals surface area (Å²) < 4.78 is 0. The summed E-state index contributed by atoms with van der Waals surface area (Å²) in [5, 5.41) is 2.87. The van der Waals surface area contributed by atoms with Crippen LogP contribution < -0.4 is 10.2 Å². The largest absolute Gasteiger partial charge is 0.353 e. The van der Waals surface area contributed by atoms with Crippen LogP contribution in [0, 0.1) is 0 Å². The number of carbonyl (C=O) groups excluding carboxylic acids is 2. The molecule has 3 rings (SSSR count). The summed E-state index contributed by atoms with van der Waals surface area (Å²) in [5.41, 5.74) is 1.84. The summed E-state index contributed by atoms with van der Waals surface area (Å²) >= 11 is 0. The first-order chi connectivity index (χ1) is 11.2. The van der Waals surface area contributed by atoms with Crippen molar-refractivity contribution in [1.82, 2.24) is 5.32 Å². The summed E-state index contributed by atoms with van der Waals surface area (Å²) in [6, 6.07) is 19.5. The van der Waals surface area contributed by atoms with Gasteiger partial charge in [-0.2, -0.15) is 0 Å². The molecule has 0 aromatic heterocycles. The first-order valence-corrected chi connectivity index (χ1v) is 7.91. The monoisotopic (exact) mass is 308 g/mol. The van der Waals surface area contributed by atoms with Crippen molar-refractivity contribution >= 4 is 17.5 Å². The molecule has 0 saturated heterocycles. The van der Waals surface area contributed by atoms with Gasteiger partial charge < -0.3 is 10.2 Å². The number of benzene rings is 2. The zero-order valence-corrected chi connectivity index (χ0v) is 12.9. The number of hydrogen-bond acceptors (Lipinski definition) is 2. The van der Waals surface area contributed by atoms with Gasteiger partial charge in [0.05, 0.1) is 6.54 Å². The molecule has 0 unspecified atom stereocenters. The Hall–Kier alpha value is -2.62. The second-order valence-corrected chi connectivity index (χ2v) is 5.82.